The van der Waals surface area contributed by atoms with Crippen LogP contribution in [0.2, 0.25) is 0 Å². The van der Waals surface area contributed by atoms with Crippen molar-refractivity contribution in [3.63, 3.8) is 0 Å². The number of hydrogen-bond acceptors (Lipinski definition) is 3. The van der Waals surface area contributed by atoms with E-state index in [2.05, 4.69) is 15.4 Å². The van der Waals surface area contributed by atoms with E-state index < -0.39 is 12.0 Å². The van der Waals surface area contributed by atoms with Crippen LogP contribution in [-0.2, 0) is 12.7 Å². The van der Waals surface area contributed by atoms with Crippen molar-refractivity contribution >= 4 is 0 Å². The number of nitrogens with zero attached hydrogens (tertiary/aromatic N) is 3. The molecule has 1 unspecified atom stereocenters. The largest absolute Gasteiger partial charge is 0.453 e. The van der Waals surface area contributed by atoms with Crippen molar-refractivity contribution in [2.45, 2.75) is 38.0 Å². The summed E-state index contributed by atoms with van der Waals surface area (Å²) in [6.07, 6.45) is -0.105. The van der Waals surface area contributed by atoms with E-state index in [1.807, 2.05) is 0 Å². The first-order valence-electron chi connectivity index (χ1n) is 5.26. The van der Waals surface area contributed by atoms with Crippen LogP contribution < -0.4 is 5.32 Å². The molecule has 4 nitrogen and oxygen atoms in total. The van der Waals surface area contributed by atoms with Crippen molar-refractivity contribution in [3.05, 3.63) is 12.2 Å². The van der Waals surface area contributed by atoms with Gasteiger partial charge in [-0.25, -0.2) is 4.98 Å². The zero-order valence-electron chi connectivity index (χ0n) is 8.67. The summed E-state index contributed by atoms with van der Waals surface area (Å²) in [7, 11) is 0. The summed E-state index contributed by atoms with van der Waals surface area (Å²) in [5.41, 5.74) is 0. The summed E-state index contributed by atoms with van der Waals surface area (Å²) < 4.78 is 37.9. The Labute approximate surface area is 90.9 Å². The minimum Gasteiger partial charge on any atom is -0.312 e. The molecule has 1 aromatic heterocycles. The SMILES string of the molecule is FC(F)(F)c1ncn(CC2CCCCN2)n1. The van der Waals surface area contributed by atoms with E-state index in [1.165, 1.54) is 4.68 Å². The molecule has 1 N–H and O–H groups in total. The van der Waals surface area contributed by atoms with E-state index in [-0.39, 0.29) is 6.04 Å². The lowest BCUT2D eigenvalue weighted by Gasteiger charge is -2.22. The lowest BCUT2D eigenvalue weighted by molar-refractivity contribution is -0.145. The summed E-state index contributed by atoms with van der Waals surface area (Å²) in [4.78, 5) is 3.25. The Balaban J connectivity index is 1.97. The van der Waals surface area contributed by atoms with E-state index in [0.717, 1.165) is 32.1 Å². The molecule has 2 heterocycles. The Morgan fingerprint density at radius 3 is 2.81 bits per heavy atom. The first-order valence-corrected chi connectivity index (χ1v) is 5.26. The van der Waals surface area contributed by atoms with Crippen molar-refractivity contribution in [1.82, 2.24) is 20.1 Å². The van der Waals surface area contributed by atoms with Gasteiger partial charge in [0.2, 0.25) is 0 Å². The molecule has 16 heavy (non-hydrogen) atoms. The molecule has 1 aromatic rings. The monoisotopic (exact) mass is 234 g/mol. The van der Waals surface area contributed by atoms with Crippen LogP contribution in [0.1, 0.15) is 25.1 Å². The molecule has 1 aliphatic rings. The maximum absolute atomic E-state index is 12.2. The number of halogens is 3. The van der Waals surface area contributed by atoms with E-state index in [1.54, 1.807) is 0 Å². The Hall–Kier alpha value is -1.11. The van der Waals surface area contributed by atoms with Gasteiger partial charge in [0.25, 0.3) is 5.82 Å². The second-order valence-corrected chi connectivity index (χ2v) is 3.93. The minimum absolute atomic E-state index is 0.205. The van der Waals surface area contributed by atoms with Gasteiger partial charge < -0.3 is 5.32 Å². The molecule has 0 spiro atoms. The minimum atomic E-state index is -4.45. The van der Waals surface area contributed by atoms with Crippen LogP contribution >= 0.6 is 0 Å². The molecule has 2 rings (SSSR count). The van der Waals surface area contributed by atoms with Gasteiger partial charge in [0.1, 0.15) is 6.33 Å². The fourth-order valence-corrected chi connectivity index (χ4v) is 1.82. The fourth-order valence-electron chi connectivity index (χ4n) is 1.82. The topological polar surface area (TPSA) is 42.7 Å². The molecular weight excluding hydrogens is 221 g/mol. The highest BCUT2D eigenvalue weighted by molar-refractivity contribution is 4.88. The summed E-state index contributed by atoms with van der Waals surface area (Å²) >= 11 is 0. The molecule has 0 aromatic carbocycles. The third-order valence-corrected chi connectivity index (χ3v) is 2.61. The first-order chi connectivity index (χ1) is 7.55. The summed E-state index contributed by atoms with van der Waals surface area (Å²) in [5.74, 6) is -1.07. The van der Waals surface area contributed by atoms with E-state index in [9.17, 15) is 13.2 Å². The summed E-state index contributed by atoms with van der Waals surface area (Å²) in [6, 6.07) is 0.205. The molecule has 1 aliphatic heterocycles. The molecule has 0 saturated carbocycles. The molecule has 0 bridgehead atoms. The normalized spacial score (nSPS) is 22.3. The molecule has 0 radical (unpaired) electrons. The highest BCUT2D eigenvalue weighted by atomic mass is 19.4. The van der Waals surface area contributed by atoms with E-state index >= 15 is 0 Å². The fraction of sp³-hybridized carbons (Fsp3) is 0.778. The van der Waals surface area contributed by atoms with E-state index in [4.69, 9.17) is 0 Å². The molecule has 0 amide bonds. The van der Waals surface area contributed by atoms with E-state index in [0.29, 0.717) is 6.54 Å². The van der Waals surface area contributed by atoms with Gasteiger partial charge in [0.05, 0.1) is 6.54 Å². The van der Waals surface area contributed by atoms with Crippen molar-refractivity contribution in [1.29, 1.82) is 0 Å². The second kappa shape index (κ2) is 4.40. The number of aromatic nitrogens is 3. The van der Waals surface area contributed by atoms with Gasteiger partial charge >= 0.3 is 6.18 Å². The maximum atomic E-state index is 12.2. The molecular formula is C9H13F3N4. The molecule has 90 valence electrons. The van der Waals surface area contributed by atoms with Crippen LogP contribution in [-0.4, -0.2) is 27.4 Å². The zero-order chi connectivity index (χ0) is 11.6. The van der Waals surface area contributed by atoms with Crippen LogP contribution in [0, 0.1) is 0 Å². The third kappa shape index (κ3) is 2.72. The number of hydrogen-bond donors (Lipinski definition) is 1. The molecule has 1 saturated heterocycles. The quantitative estimate of drug-likeness (QED) is 0.842. The lowest BCUT2D eigenvalue weighted by atomic mass is 10.1. The van der Waals surface area contributed by atoms with Crippen LogP contribution in [0.25, 0.3) is 0 Å². The molecule has 1 atom stereocenters. The first kappa shape index (κ1) is 11.4. The Morgan fingerprint density at radius 2 is 2.25 bits per heavy atom. The van der Waals surface area contributed by atoms with Gasteiger partial charge in [0, 0.05) is 6.04 Å². The van der Waals surface area contributed by atoms with Crippen molar-refractivity contribution < 1.29 is 13.2 Å². The third-order valence-electron chi connectivity index (χ3n) is 2.61. The average molecular weight is 234 g/mol. The van der Waals surface area contributed by atoms with Crippen molar-refractivity contribution in [2.75, 3.05) is 6.54 Å². The standard InChI is InChI=1S/C9H13F3N4/c10-9(11,12)8-14-6-16(15-8)5-7-3-1-2-4-13-7/h6-7,13H,1-5H2. The molecule has 1 fully saturated rings. The number of piperidine rings is 1. The number of alkyl halides is 3. The van der Waals surface area contributed by atoms with Gasteiger partial charge in [-0.05, 0) is 19.4 Å². The van der Waals surface area contributed by atoms with Crippen LogP contribution in [0.4, 0.5) is 13.2 Å². The van der Waals surface area contributed by atoms with Crippen molar-refractivity contribution in [3.8, 4) is 0 Å². The van der Waals surface area contributed by atoms with Gasteiger partial charge in [-0.1, -0.05) is 6.42 Å². The van der Waals surface area contributed by atoms with Crippen LogP contribution in [0.15, 0.2) is 6.33 Å². The van der Waals surface area contributed by atoms with Crippen LogP contribution in [0.3, 0.4) is 0 Å². The average Bonchev–Trinajstić information content (AvgIpc) is 2.67. The highest BCUT2D eigenvalue weighted by Crippen LogP contribution is 2.25. The second-order valence-electron chi connectivity index (χ2n) is 3.93. The number of nitrogens with one attached hydrogen (secondary N) is 1. The molecule has 0 aliphatic carbocycles. The maximum Gasteiger partial charge on any atom is 0.453 e. The van der Waals surface area contributed by atoms with Gasteiger partial charge in [-0.2, -0.15) is 13.2 Å². The Bertz CT molecular complexity index is 341. The van der Waals surface area contributed by atoms with Gasteiger partial charge in [-0.3, -0.25) is 4.68 Å². The predicted octanol–water partition coefficient (Wildman–Crippen LogP) is 1.44. The Morgan fingerprint density at radius 1 is 1.44 bits per heavy atom. The zero-order valence-corrected chi connectivity index (χ0v) is 8.67. The van der Waals surface area contributed by atoms with Gasteiger partial charge in [-0.15, -0.1) is 5.10 Å². The Kier molecular flexibility index (Phi) is 3.13. The number of rotatable bonds is 2. The summed E-state index contributed by atoms with van der Waals surface area (Å²) in [5, 5.41) is 6.66. The summed E-state index contributed by atoms with van der Waals surface area (Å²) in [6.45, 7) is 1.37. The van der Waals surface area contributed by atoms with Crippen LogP contribution in [0.5, 0.6) is 0 Å². The highest BCUT2D eigenvalue weighted by Gasteiger charge is 2.35. The molecule has 7 heteroatoms. The lowest BCUT2D eigenvalue weighted by Crippen LogP contribution is -2.37. The van der Waals surface area contributed by atoms with Gasteiger partial charge in [0.15, 0.2) is 0 Å². The smallest absolute Gasteiger partial charge is 0.312 e. The van der Waals surface area contributed by atoms with Crippen molar-refractivity contribution in [2.24, 2.45) is 0 Å². The predicted molar refractivity (Wildman–Crippen MR) is 50.7 cm³/mol.